The van der Waals surface area contributed by atoms with Gasteiger partial charge in [-0.25, -0.2) is 0 Å². The molecule has 0 radical (unpaired) electrons. The minimum atomic E-state index is -0.667. The second kappa shape index (κ2) is 5.82. The van der Waals surface area contributed by atoms with Crippen molar-refractivity contribution in [3.63, 3.8) is 0 Å². The Morgan fingerprint density at radius 3 is 2.26 bits per heavy atom. The molecular formula is C16H29NO2. The van der Waals surface area contributed by atoms with Crippen molar-refractivity contribution in [1.29, 1.82) is 0 Å². The van der Waals surface area contributed by atoms with Crippen LogP contribution in [-0.2, 0) is 4.79 Å². The van der Waals surface area contributed by atoms with Gasteiger partial charge in [0, 0.05) is 12.5 Å². The van der Waals surface area contributed by atoms with Crippen LogP contribution in [0.15, 0.2) is 0 Å². The lowest BCUT2D eigenvalue weighted by atomic mass is 9.71. The van der Waals surface area contributed by atoms with Crippen LogP contribution in [0.25, 0.3) is 0 Å². The van der Waals surface area contributed by atoms with Crippen molar-refractivity contribution < 1.29 is 9.90 Å². The summed E-state index contributed by atoms with van der Waals surface area (Å²) < 4.78 is 0. The van der Waals surface area contributed by atoms with Crippen LogP contribution in [0.1, 0.15) is 71.6 Å². The Kier molecular flexibility index (Phi) is 4.54. The molecule has 0 atom stereocenters. The van der Waals surface area contributed by atoms with Gasteiger partial charge in [-0.1, -0.05) is 33.1 Å². The lowest BCUT2D eigenvalue weighted by Crippen LogP contribution is -2.48. The average molecular weight is 267 g/mol. The van der Waals surface area contributed by atoms with Gasteiger partial charge in [0.1, 0.15) is 0 Å². The Balaban J connectivity index is 1.76. The highest BCUT2D eigenvalue weighted by Gasteiger charge is 2.37. The Labute approximate surface area is 117 Å². The minimum Gasteiger partial charge on any atom is -0.388 e. The quantitative estimate of drug-likeness (QED) is 0.826. The van der Waals surface area contributed by atoms with Crippen molar-refractivity contribution >= 4 is 5.91 Å². The summed E-state index contributed by atoms with van der Waals surface area (Å²) in [5, 5.41) is 13.5. The molecule has 0 unspecified atom stereocenters. The summed E-state index contributed by atoms with van der Waals surface area (Å²) in [6.07, 6.45) is 9.38. The predicted octanol–water partition coefficient (Wildman–Crippen LogP) is 3.01. The van der Waals surface area contributed by atoms with Crippen LogP contribution in [0.3, 0.4) is 0 Å². The van der Waals surface area contributed by atoms with Crippen LogP contribution < -0.4 is 5.32 Å². The maximum Gasteiger partial charge on any atom is 0.223 e. The number of aliphatic hydroxyl groups is 1. The Bertz CT molecular complexity index is 309. The van der Waals surface area contributed by atoms with Crippen LogP contribution in [0, 0.1) is 11.3 Å². The van der Waals surface area contributed by atoms with Gasteiger partial charge in [0.25, 0.3) is 0 Å². The van der Waals surface area contributed by atoms with Crippen molar-refractivity contribution in [2.75, 3.05) is 6.54 Å². The molecule has 2 rings (SSSR count). The van der Waals surface area contributed by atoms with Gasteiger partial charge in [-0.05, 0) is 43.9 Å². The molecule has 0 aromatic heterocycles. The summed E-state index contributed by atoms with van der Waals surface area (Å²) in [5.74, 6) is 0.357. The molecule has 0 spiro atoms. The number of amides is 1. The van der Waals surface area contributed by atoms with E-state index in [-0.39, 0.29) is 11.8 Å². The van der Waals surface area contributed by atoms with E-state index in [1.165, 1.54) is 19.3 Å². The molecule has 2 fully saturated rings. The summed E-state index contributed by atoms with van der Waals surface area (Å²) in [6.45, 7) is 4.96. The van der Waals surface area contributed by atoms with E-state index >= 15 is 0 Å². The zero-order chi connectivity index (χ0) is 13.9. The van der Waals surface area contributed by atoms with Gasteiger partial charge in [0.2, 0.25) is 5.91 Å². The van der Waals surface area contributed by atoms with Crippen molar-refractivity contribution in [2.45, 2.75) is 77.2 Å². The van der Waals surface area contributed by atoms with Crippen LogP contribution in [0.2, 0.25) is 0 Å². The molecule has 110 valence electrons. The van der Waals surface area contributed by atoms with Crippen LogP contribution in [0.4, 0.5) is 0 Å². The van der Waals surface area contributed by atoms with Gasteiger partial charge in [-0.2, -0.15) is 0 Å². The van der Waals surface area contributed by atoms with Crippen LogP contribution in [0.5, 0.6) is 0 Å². The van der Waals surface area contributed by atoms with Gasteiger partial charge < -0.3 is 10.4 Å². The molecule has 19 heavy (non-hydrogen) atoms. The molecule has 3 nitrogen and oxygen atoms in total. The van der Waals surface area contributed by atoms with Crippen molar-refractivity contribution in [3.8, 4) is 0 Å². The maximum atomic E-state index is 12.1. The van der Waals surface area contributed by atoms with E-state index in [0.717, 1.165) is 38.5 Å². The second-order valence-corrected chi connectivity index (χ2v) is 7.44. The molecule has 0 bridgehead atoms. The summed E-state index contributed by atoms with van der Waals surface area (Å²) >= 11 is 0. The van der Waals surface area contributed by atoms with E-state index < -0.39 is 5.60 Å². The Morgan fingerprint density at radius 2 is 1.68 bits per heavy atom. The fraction of sp³-hybridized carbons (Fsp3) is 0.938. The van der Waals surface area contributed by atoms with Gasteiger partial charge in [0.15, 0.2) is 0 Å². The minimum absolute atomic E-state index is 0.165. The molecule has 2 saturated carbocycles. The number of hydrogen-bond acceptors (Lipinski definition) is 2. The first-order valence-corrected chi connectivity index (χ1v) is 7.90. The third-order valence-corrected chi connectivity index (χ3v) is 5.10. The zero-order valence-electron chi connectivity index (χ0n) is 12.5. The van der Waals surface area contributed by atoms with E-state index in [9.17, 15) is 9.90 Å². The van der Waals surface area contributed by atoms with Gasteiger partial charge in [-0.3, -0.25) is 4.79 Å². The summed E-state index contributed by atoms with van der Waals surface area (Å²) in [5.41, 5.74) is -0.320. The lowest BCUT2D eigenvalue weighted by molar-refractivity contribution is -0.127. The lowest BCUT2D eigenvalue weighted by Gasteiger charge is -2.40. The average Bonchev–Trinajstić information content (AvgIpc) is 2.41. The summed E-state index contributed by atoms with van der Waals surface area (Å²) in [7, 11) is 0. The molecule has 0 aromatic rings. The van der Waals surface area contributed by atoms with E-state index in [0.29, 0.717) is 12.0 Å². The zero-order valence-corrected chi connectivity index (χ0v) is 12.5. The van der Waals surface area contributed by atoms with Crippen molar-refractivity contribution in [1.82, 2.24) is 5.32 Å². The first kappa shape index (κ1) is 14.8. The Morgan fingerprint density at radius 1 is 1.11 bits per heavy atom. The number of carbonyl (C=O) groups is 1. The van der Waals surface area contributed by atoms with E-state index in [1.807, 2.05) is 0 Å². The SMILES string of the molecule is CC1(C)CCC(O)(CNC(=O)C2CCCCC2)CC1. The van der Waals surface area contributed by atoms with Gasteiger partial charge in [0.05, 0.1) is 5.60 Å². The van der Waals surface area contributed by atoms with Crippen LogP contribution >= 0.6 is 0 Å². The number of rotatable bonds is 3. The first-order chi connectivity index (χ1) is 8.90. The highest BCUT2D eigenvalue weighted by atomic mass is 16.3. The number of hydrogen-bond donors (Lipinski definition) is 2. The van der Waals surface area contributed by atoms with E-state index in [2.05, 4.69) is 19.2 Å². The monoisotopic (exact) mass is 267 g/mol. The van der Waals surface area contributed by atoms with Gasteiger partial charge in [-0.15, -0.1) is 0 Å². The fourth-order valence-electron chi connectivity index (χ4n) is 3.33. The molecule has 2 aliphatic rings. The first-order valence-electron chi connectivity index (χ1n) is 7.90. The molecule has 2 aliphatic carbocycles. The molecule has 0 aromatic carbocycles. The van der Waals surface area contributed by atoms with Crippen molar-refractivity contribution in [2.24, 2.45) is 11.3 Å². The summed E-state index contributed by atoms with van der Waals surface area (Å²) in [6, 6.07) is 0. The predicted molar refractivity (Wildman–Crippen MR) is 76.8 cm³/mol. The maximum absolute atomic E-state index is 12.1. The standard InChI is InChI=1S/C16H29NO2/c1-15(2)8-10-16(19,11-9-15)12-17-14(18)13-6-4-3-5-7-13/h13,19H,3-12H2,1-2H3,(H,17,18). The highest BCUT2D eigenvalue weighted by molar-refractivity contribution is 5.78. The third kappa shape index (κ3) is 4.20. The molecule has 0 heterocycles. The normalized spacial score (nSPS) is 26.9. The fourth-order valence-corrected chi connectivity index (χ4v) is 3.33. The molecule has 1 amide bonds. The summed E-state index contributed by atoms with van der Waals surface area (Å²) in [4.78, 5) is 12.1. The largest absolute Gasteiger partial charge is 0.388 e. The third-order valence-electron chi connectivity index (χ3n) is 5.10. The molecule has 0 saturated heterocycles. The van der Waals surface area contributed by atoms with Gasteiger partial charge >= 0.3 is 0 Å². The van der Waals surface area contributed by atoms with E-state index in [1.54, 1.807) is 0 Å². The molecule has 0 aliphatic heterocycles. The number of nitrogens with one attached hydrogen (secondary N) is 1. The topological polar surface area (TPSA) is 49.3 Å². The smallest absolute Gasteiger partial charge is 0.223 e. The number of carbonyl (C=O) groups excluding carboxylic acids is 1. The van der Waals surface area contributed by atoms with Crippen LogP contribution in [-0.4, -0.2) is 23.2 Å². The molecule has 3 heteroatoms. The molecular weight excluding hydrogens is 238 g/mol. The molecule has 2 N–H and O–H groups in total. The second-order valence-electron chi connectivity index (χ2n) is 7.44. The van der Waals surface area contributed by atoms with Crippen molar-refractivity contribution in [3.05, 3.63) is 0 Å². The highest BCUT2D eigenvalue weighted by Crippen LogP contribution is 2.39. The van der Waals surface area contributed by atoms with E-state index in [4.69, 9.17) is 0 Å². The Hall–Kier alpha value is -0.570.